The molecule has 0 amide bonds. The third kappa shape index (κ3) is 4.10. The second-order valence-electron chi connectivity index (χ2n) is 4.94. The molecule has 1 aliphatic carbocycles. The standard InChI is InChI=1S/C15H18O3S/c16-6-1-7-19-14-5-4-12-8-11(9-15(17)18)2-3-13(12)10-14/h4-6,10-11H,1-3,7-9H2,(H,17,18). The molecule has 0 aromatic heterocycles. The van der Waals surface area contributed by atoms with Crippen molar-refractivity contribution in [2.24, 2.45) is 5.92 Å². The van der Waals surface area contributed by atoms with Crippen LogP contribution in [0.2, 0.25) is 0 Å². The molecule has 0 radical (unpaired) electrons. The predicted molar refractivity (Wildman–Crippen MR) is 75.6 cm³/mol. The number of aryl methyl sites for hydroxylation is 1. The van der Waals surface area contributed by atoms with Gasteiger partial charge >= 0.3 is 5.97 Å². The summed E-state index contributed by atoms with van der Waals surface area (Å²) in [5.41, 5.74) is 2.63. The molecule has 0 saturated heterocycles. The average Bonchev–Trinajstić information content (AvgIpc) is 2.38. The zero-order valence-electron chi connectivity index (χ0n) is 10.8. The molecule has 0 fully saturated rings. The number of carbonyl (C=O) groups excluding carboxylic acids is 1. The Morgan fingerprint density at radius 3 is 3.00 bits per heavy atom. The molecule has 3 nitrogen and oxygen atoms in total. The Balaban J connectivity index is 1.99. The molecule has 2 rings (SSSR count). The Morgan fingerprint density at radius 1 is 1.42 bits per heavy atom. The number of rotatable bonds is 6. The normalized spacial score (nSPS) is 17.8. The van der Waals surface area contributed by atoms with Gasteiger partial charge in [-0.3, -0.25) is 4.79 Å². The first-order chi connectivity index (χ1) is 9.19. The van der Waals surface area contributed by atoms with Crippen molar-refractivity contribution < 1.29 is 14.7 Å². The quantitative estimate of drug-likeness (QED) is 0.494. The van der Waals surface area contributed by atoms with Gasteiger partial charge < -0.3 is 9.90 Å². The van der Waals surface area contributed by atoms with Crippen LogP contribution in [0.5, 0.6) is 0 Å². The first kappa shape index (κ1) is 14.1. The van der Waals surface area contributed by atoms with Gasteiger partial charge in [-0.15, -0.1) is 11.8 Å². The first-order valence-corrected chi connectivity index (χ1v) is 7.57. The van der Waals surface area contributed by atoms with Crippen LogP contribution in [0.4, 0.5) is 0 Å². The molecule has 0 bridgehead atoms. The van der Waals surface area contributed by atoms with Gasteiger partial charge in [0.25, 0.3) is 0 Å². The van der Waals surface area contributed by atoms with Gasteiger partial charge in [-0.1, -0.05) is 6.07 Å². The molecule has 0 spiro atoms. The summed E-state index contributed by atoms with van der Waals surface area (Å²) in [6.45, 7) is 0. The fourth-order valence-corrected chi connectivity index (χ4v) is 3.38. The highest BCUT2D eigenvalue weighted by Gasteiger charge is 2.20. The van der Waals surface area contributed by atoms with Gasteiger partial charge in [0, 0.05) is 23.5 Å². The zero-order chi connectivity index (χ0) is 13.7. The molecule has 4 heteroatoms. The lowest BCUT2D eigenvalue weighted by atomic mass is 9.82. The van der Waals surface area contributed by atoms with E-state index in [1.54, 1.807) is 11.8 Å². The van der Waals surface area contributed by atoms with Crippen LogP contribution in [-0.4, -0.2) is 23.1 Å². The molecule has 0 heterocycles. The summed E-state index contributed by atoms with van der Waals surface area (Å²) in [6.07, 6.45) is 4.61. The summed E-state index contributed by atoms with van der Waals surface area (Å²) in [6, 6.07) is 6.39. The molecule has 102 valence electrons. The largest absolute Gasteiger partial charge is 0.481 e. The van der Waals surface area contributed by atoms with Crippen LogP contribution in [-0.2, 0) is 22.4 Å². The molecular weight excluding hydrogens is 260 g/mol. The maximum Gasteiger partial charge on any atom is 0.303 e. The third-order valence-electron chi connectivity index (χ3n) is 3.48. The minimum atomic E-state index is -0.700. The molecule has 1 unspecified atom stereocenters. The van der Waals surface area contributed by atoms with Crippen molar-refractivity contribution in [1.29, 1.82) is 0 Å². The van der Waals surface area contributed by atoms with Crippen molar-refractivity contribution in [3.63, 3.8) is 0 Å². The predicted octanol–water partition coefficient (Wildman–Crippen LogP) is 2.95. The van der Waals surface area contributed by atoms with E-state index in [0.717, 1.165) is 31.3 Å². The van der Waals surface area contributed by atoms with Gasteiger partial charge in [0.05, 0.1) is 0 Å². The fourth-order valence-electron chi connectivity index (χ4n) is 2.54. The highest BCUT2D eigenvalue weighted by molar-refractivity contribution is 7.99. The second kappa shape index (κ2) is 6.75. The number of aliphatic carboxylic acids is 1. The summed E-state index contributed by atoms with van der Waals surface area (Å²) in [4.78, 5) is 22.2. The molecule has 19 heavy (non-hydrogen) atoms. The summed E-state index contributed by atoms with van der Waals surface area (Å²) >= 11 is 1.70. The maximum absolute atomic E-state index is 10.7. The number of carboxylic acids is 1. The van der Waals surface area contributed by atoms with Crippen LogP contribution in [0.1, 0.15) is 30.4 Å². The van der Waals surface area contributed by atoms with Gasteiger partial charge in [0.15, 0.2) is 0 Å². The van der Waals surface area contributed by atoms with Crippen LogP contribution in [0.25, 0.3) is 0 Å². The Hall–Kier alpha value is -1.29. The SMILES string of the molecule is O=CCCSc1ccc2c(c1)CCC(CC(=O)O)C2. The van der Waals surface area contributed by atoms with Crippen LogP contribution in [0, 0.1) is 5.92 Å². The summed E-state index contributed by atoms with van der Waals surface area (Å²) in [7, 11) is 0. The molecule has 1 aromatic carbocycles. The van der Waals surface area contributed by atoms with E-state index in [1.165, 1.54) is 16.0 Å². The van der Waals surface area contributed by atoms with Crippen LogP contribution in [0.15, 0.2) is 23.1 Å². The Morgan fingerprint density at radius 2 is 2.26 bits per heavy atom. The van der Waals surface area contributed by atoms with E-state index in [0.29, 0.717) is 6.42 Å². The van der Waals surface area contributed by atoms with Crippen molar-refractivity contribution in [3.05, 3.63) is 29.3 Å². The molecular formula is C15H18O3S. The van der Waals surface area contributed by atoms with E-state index in [4.69, 9.17) is 5.11 Å². The zero-order valence-corrected chi connectivity index (χ0v) is 11.6. The number of hydrogen-bond donors (Lipinski definition) is 1. The minimum absolute atomic E-state index is 0.273. The smallest absolute Gasteiger partial charge is 0.303 e. The van der Waals surface area contributed by atoms with Gasteiger partial charge in [-0.25, -0.2) is 0 Å². The molecule has 1 atom stereocenters. The minimum Gasteiger partial charge on any atom is -0.481 e. The highest BCUT2D eigenvalue weighted by Crippen LogP contribution is 2.30. The lowest BCUT2D eigenvalue weighted by Crippen LogP contribution is -2.17. The van der Waals surface area contributed by atoms with Crippen molar-refractivity contribution in [3.8, 4) is 0 Å². The van der Waals surface area contributed by atoms with Crippen molar-refractivity contribution >= 4 is 24.0 Å². The van der Waals surface area contributed by atoms with Crippen molar-refractivity contribution in [1.82, 2.24) is 0 Å². The van der Waals surface area contributed by atoms with E-state index in [2.05, 4.69) is 18.2 Å². The van der Waals surface area contributed by atoms with Crippen LogP contribution >= 0.6 is 11.8 Å². The fraction of sp³-hybridized carbons (Fsp3) is 0.467. The summed E-state index contributed by atoms with van der Waals surface area (Å²) < 4.78 is 0. The number of hydrogen-bond acceptors (Lipinski definition) is 3. The van der Waals surface area contributed by atoms with E-state index in [1.807, 2.05) is 0 Å². The lowest BCUT2D eigenvalue weighted by Gasteiger charge is -2.23. The number of carboxylic acid groups (broad SMARTS) is 1. The van der Waals surface area contributed by atoms with Gasteiger partial charge in [0.1, 0.15) is 6.29 Å². The Labute approximate surface area is 117 Å². The van der Waals surface area contributed by atoms with Gasteiger partial charge in [-0.05, 0) is 48.4 Å². The summed E-state index contributed by atoms with van der Waals surface area (Å²) in [5, 5.41) is 8.85. The Kier molecular flexibility index (Phi) is 5.02. The topological polar surface area (TPSA) is 54.4 Å². The van der Waals surface area contributed by atoms with E-state index < -0.39 is 5.97 Å². The third-order valence-corrected chi connectivity index (χ3v) is 4.50. The van der Waals surface area contributed by atoms with E-state index >= 15 is 0 Å². The maximum atomic E-state index is 10.7. The van der Waals surface area contributed by atoms with Crippen molar-refractivity contribution in [2.75, 3.05) is 5.75 Å². The number of fused-ring (bicyclic) bond motifs is 1. The number of aldehydes is 1. The monoisotopic (exact) mass is 278 g/mol. The molecule has 0 aliphatic heterocycles. The van der Waals surface area contributed by atoms with Crippen LogP contribution < -0.4 is 0 Å². The summed E-state index contributed by atoms with van der Waals surface area (Å²) in [5.74, 6) is 0.400. The number of carbonyl (C=O) groups is 2. The molecule has 1 N–H and O–H groups in total. The highest BCUT2D eigenvalue weighted by atomic mass is 32.2. The van der Waals surface area contributed by atoms with Crippen LogP contribution in [0.3, 0.4) is 0 Å². The van der Waals surface area contributed by atoms with E-state index in [9.17, 15) is 9.59 Å². The molecule has 1 aromatic rings. The first-order valence-electron chi connectivity index (χ1n) is 6.59. The van der Waals surface area contributed by atoms with E-state index in [-0.39, 0.29) is 12.3 Å². The van der Waals surface area contributed by atoms with Gasteiger partial charge in [0.2, 0.25) is 0 Å². The second-order valence-corrected chi connectivity index (χ2v) is 6.11. The number of thioether (sulfide) groups is 1. The molecule has 0 saturated carbocycles. The Bertz CT molecular complexity index is 470. The average molecular weight is 278 g/mol. The van der Waals surface area contributed by atoms with Gasteiger partial charge in [-0.2, -0.15) is 0 Å². The van der Waals surface area contributed by atoms with Crippen molar-refractivity contribution in [2.45, 2.75) is 37.0 Å². The number of benzene rings is 1. The lowest BCUT2D eigenvalue weighted by molar-refractivity contribution is -0.138. The molecule has 1 aliphatic rings.